The van der Waals surface area contributed by atoms with Gasteiger partial charge < -0.3 is 0 Å². The van der Waals surface area contributed by atoms with E-state index < -0.39 is 5.79 Å². The van der Waals surface area contributed by atoms with E-state index in [2.05, 4.69) is 18.4 Å². The van der Waals surface area contributed by atoms with E-state index in [0.29, 0.717) is 32.7 Å². The second kappa shape index (κ2) is 5.51. The van der Waals surface area contributed by atoms with Crippen LogP contribution >= 0.6 is 0 Å². The average molecular weight is 497 g/mol. The third-order valence-electron chi connectivity index (χ3n) is 4.15. The van der Waals surface area contributed by atoms with Crippen LogP contribution in [0.4, 0.5) is 5.82 Å². The fraction of sp³-hybridized carbons (Fsp3) is 0.692. The number of ether oxygens (including phenoxy) is 3. The topological polar surface area (TPSA) is 81.9 Å². The van der Waals surface area contributed by atoms with Crippen molar-refractivity contribution in [3.8, 4) is 0 Å². The third-order valence-corrected chi connectivity index (χ3v) is 5.37. The van der Waals surface area contributed by atoms with E-state index in [-0.39, 0.29) is 24.6 Å². The molecule has 0 aliphatic carbocycles. The quantitative estimate of drug-likeness (QED) is 0.579. The van der Waals surface area contributed by atoms with E-state index in [1.54, 1.807) is 6.34 Å². The van der Waals surface area contributed by atoms with Crippen LogP contribution in [0.1, 0.15) is 38.4 Å². The van der Waals surface area contributed by atoms with Gasteiger partial charge in [-0.05, 0) is 0 Å². The van der Waals surface area contributed by atoms with Gasteiger partial charge in [0.25, 0.3) is 0 Å². The number of hydrogen-bond acceptors (Lipinski definition) is 7. The Labute approximate surface area is 144 Å². The molecule has 1 aromatic rings. The molecule has 0 spiro atoms. The van der Waals surface area contributed by atoms with Gasteiger partial charge >= 0.3 is 145 Å². The van der Waals surface area contributed by atoms with Gasteiger partial charge in [-0.25, -0.2) is 0 Å². The molecule has 0 radical (unpaired) electrons. The van der Waals surface area contributed by atoms with Crippen LogP contribution in [0.3, 0.4) is 0 Å². The van der Waals surface area contributed by atoms with Crippen molar-refractivity contribution in [2.75, 3.05) is 11.9 Å². The van der Waals surface area contributed by atoms with Crippen LogP contribution < -0.4 is 8.44 Å². The van der Waals surface area contributed by atoms with Gasteiger partial charge in [-0.3, -0.25) is 0 Å². The maximum atomic E-state index is 5.99. The number of nitrogens with zero attached hydrogens (tertiary/aromatic N) is 3. The second-order valence-corrected chi connectivity index (χ2v) is 7.41. The van der Waals surface area contributed by atoms with E-state index in [1.165, 1.54) is 0 Å². The number of rotatable bonds is 2. The monoisotopic (exact) mass is 497 g/mol. The van der Waals surface area contributed by atoms with Crippen LogP contribution in [-0.2, 0) is 14.2 Å². The summed E-state index contributed by atoms with van der Waals surface area (Å²) in [6, 6.07) is 0. The van der Waals surface area contributed by atoms with E-state index >= 15 is 0 Å². The van der Waals surface area contributed by atoms with E-state index in [0.717, 1.165) is 17.9 Å². The predicted octanol–water partition coefficient (Wildman–Crippen LogP) is 0.448. The van der Waals surface area contributed by atoms with Gasteiger partial charge in [-0.2, -0.15) is 0 Å². The maximum absolute atomic E-state index is 5.99. The Morgan fingerprint density at radius 3 is 3.05 bits per heavy atom. The number of aliphatic imine (C=N–C) groups is 1. The third kappa shape index (κ3) is 2.50. The Hall–Kier alpha value is -0.558. The van der Waals surface area contributed by atoms with Crippen LogP contribution in [0, 0.1) is 0 Å². The Morgan fingerprint density at radius 1 is 1.41 bits per heavy atom. The molecular formula is C13H18N5O3Tl. The Bertz CT molecular complexity index is 604. The first kappa shape index (κ1) is 15.0. The molecule has 4 heterocycles. The second-order valence-electron chi connectivity index (χ2n) is 6.11. The molecule has 4 unspecified atom stereocenters. The average Bonchev–Trinajstić information content (AvgIpc) is 3.04. The molecular weight excluding hydrogens is 479 g/mol. The summed E-state index contributed by atoms with van der Waals surface area (Å²) in [5, 5.41) is 3.18. The van der Waals surface area contributed by atoms with Crippen LogP contribution in [0.2, 0.25) is 0 Å². The first-order chi connectivity index (χ1) is 10.6. The van der Waals surface area contributed by atoms with E-state index in [9.17, 15) is 0 Å². The summed E-state index contributed by atoms with van der Waals surface area (Å²) in [5.41, 5.74) is 0.916. The number of aromatic nitrogens is 2. The fourth-order valence-corrected chi connectivity index (χ4v) is 4.17. The van der Waals surface area contributed by atoms with Crippen LogP contribution in [0.5, 0.6) is 0 Å². The van der Waals surface area contributed by atoms with Gasteiger partial charge in [0, 0.05) is 0 Å². The molecule has 4 atom stereocenters. The molecule has 9 heteroatoms. The summed E-state index contributed by atoms with van der Waals surface area (Å²) in [7, 11) is 0. The van der Waals surface area contributed by atoms with Crippen molar-refractivity contribution in [1.82, 2.24) is 12.7 Å². The molecule has 3 aliphatic heterocycles. The summed E-state index contributed by atoms with van der Waals surface area (Å²) in [6.45, 7) is 4.42. The molecule has 8 nitrogen and oxygen atoms in total. The molecule has 1 aromatic heterocycles. The van der Waals surface area contributed by atoms with Gasteiger partial charge in [0.2, 0.25) is 0 Å². The summed E-state index contributed by atoms with van der Waals surface area (Å²) in [6.07, 6.45) is 4.18. The molecule has 2 fully saturated rings. The minimum absolute atomic E-state index is 0.0115. The molecule has 4 rings (SSSR count). The Kier molecular flexibility index (Phi) is 3.76. The molecule has 0 aromatic carbocycles. The SMILES string of the molecule is CC1(C)OC2COC(n3cnc4c3NC=NC4[NH][Tl])CC2O1. The van der Waals surface area contributed by atoms with Crippen molar-refractivity contribution in [1.29, 1.82) is 0 Å². The zero-order valence-electron chi connectivity index (χ0n) is 12.5. The van der Waals surface area contributed by atoms with Crippen molar-refractivity contribution < 1.29 is 14.2 Å². The van der Waals surface area contributed by atoms with E-state index in [4.69, 9.17) is 14.2 Å². The van der Waals surface area contributed by atoms with Crippen LogP contribution in [0.15, 0.2) is 11.3 Å². The number of nitrogens with one attached hydrogen (secondary N) is 2. The standard InChI is InChI=1S/C13H18N5O3.Tl/c1-13(2)20-7-3-9(19-4-8(7)21-13)18-6-17-10-11(14)15-5-16-12(10)18;/h5-9,11,14H,3-4H2,1-2H3,(H,15,16);/q-1;+1. The number of anilines is 1. The number of imidazole rings is 1. The zero-order valence-corrected chi connectivity index (χ0v) is 17.0. The van der Waals surface area contributed by atoms with Gasteiger partial charge in [-0.1, -0.05) is 0 Å². The minimum atomic E-state index is -0.532. The van der Waals surface area contributed by atoms with Crippen molar-refractivity contribution in [3.63, 3.8) is 0 Å². The first-order valence-corrected chi connectivity index (χ1v) is 9.60. The van der Waals surface area contributed by atoms with Crippen molar-refractivity contribution in [2.45, 2.75) is 50.7 Å². The van der Waals surface area contributed by atoms with Gasteiger partial charge in [0.15, 0.2) is 0 Å². The first-order valence-electron chi connectivity index (χ1n) is 7.36. The normalized spacial score (nSPS) is 35.7. The Morgan fingerprint density at radius 2 is 2.23 bits per heavy atom. The molecule has 116 valence electrons. The molecule has 2 saturated heterocycles. The van der Waals surface area contributed by atoms with E-state index in [1.807, 2.05) is 24.7 Å². The molecule has 0 saturated carbocycles. The predicted molar refractivity (Wildman–Crippen MR) is 79.4 cm³/mol. The molecule has 0 bridgehead atoms. The van der Waals surface area contributed by atoms with Crippen molar-refractivity contribution in [2.24, 2.45) is 4.99 Å². The van der Waals surface area contributed by atoms with Gasteiger partial charge in [-0.15, -0.1) is 0 Å². The molecule has 2 N–H and O–H groups in total. The molecule has 3 aliphatic rings. The summed E-state index contributed by atoms with van der Waals surface area (Å²) in [4.78, 5) is 8.85. The number of fused-ring (bicyclic) bond motifs is 2. The van der Waals surface area contributed by atoms with Crippen LogP contribution in [0.25, 0.3) is 0 Å². The Balaban J connectivity index is 1.56. The fourth-order valence-electron chi connectivity index (χ4n) is 3.22. The molecule has 22 heavy (non-hydrogen) atoms. The zero-order chi connectivity index (χ0) is 15.3. The van der Waals surface area contributed by atoms with Crippen molar-refractivity contribution in [3.05, 3.63) is 12.0 Å². The van der Waals surface area contributed by atoms with Crippen LogP contribution in [-0.4, -0.2) is 66.6 Å². The molecule has 0 amide bonds. The number of hydrogen-bond donors (Lipinski definition) is 2. The van der Waals surface area contributed by atoms with Crippen molar-refractivity contribution >= 4 is 38.2 Å². The van der Waals surface area contributed by atoms with Gasteiger partial charge in [0.05, 0.1) is 0 Å². The summed E-state index contributed by atoms with van der Waals surface area (Å²) >= 11 is 0.654. The summed E-state index contributed by atoms with van der Waals surface area (Å²) < 4.78 is 23.1. The van der Waals surface area contributed by atoms with Gasteiger partial charge in [0.1, 0.15) is 0 Å². The summed E-state index contributed by atoms with van der Waals surface area (Å²) in [5.74, 6) is 0.408.